The van der Waals surface area contributed by atoms with Gasteiger partial charge in [0.05, 0.1) is 20.3 Å². The Labute approximate surface area is 121 Å². The number of hydrogen-bond donors (Lipinski definition) is 3. The zero-order valence-corrected chi connectivity index (χ0v) is 12.4. The highest BCUT2D eigenvalue weighted by atomic mass is 16.5. The third-order valence-corrected chi connectivity index (χ3v) is 2.79. The Kier molecular flexibility index (Phi) is 8.78. The van der Waals surface area contributed by atoms with E-state index in [0.717, 1.165) is 43.1 Å². The first-order chi connectivity index (χ1) is 9.81. The van der Waals surface area contributed by atoms with Crippen molar-refractivity contribution in [2.24, 2.45) is 0 Å². The molecule has 0 aromatic heterocycles. The summed E-state index contributed by atoms with van der Waals surface area (Å²) in [5.41, 5.74) is 1.16. The summed E-state index contributed by atoms with van der Waals surface area (Å²) < 4.78 is 11.0. The Morgan fingerprint density at radius 2 is 1.90 bits per heavy atom. The Balaban J connectivity index is 2.38. The van der Waals surface area contributed by atoms with Crippen LogP contribution in [0, 0.1) is 0 Å². The normalized spacial score (nSPS) is 10.6. The zero-order chi connectivity index (χ0) is 14.6. The summed E-state index contributed by atoms with van der Waals surface area (Å²) in [5.74, 6) is 1.57. The number of aliphatic hydroxyl groups is 1. The molecule has 0 saturated heterocycles. The van der Waals surface area contributed by atoms with Gasteiger partial charge in [0.25, 0.3) is 0 Å². The molecule has 0 heterocycles. The largest absolute Gasteiger partial charge is 0.493 e. The molecule has 3 N–H and O–H groups in total. The quantitative estimate of drug-likeness (QED) is 0.532. The number of ether oxygens (including phenoxy) is 2. The minimum absolute atomic E-state index is 0.177. The summed E-state index contributed by atoms with van der Waals surface area (Å²) in [6.45, 7) is 6.08. The Morgan fingerprint density at radius 3 is 2.60 bits per heavy atom. The smallest absolute Gasteiger partial charge is 0.161 e. The molecule has 1 aromatic carbocycles. The van der Waals surface area contributed by atoms with Crippen molar-refractivity contribution >= 4 is 0 Å². The van der Waals surface area contributed by atoms with Crippen molar-refractivity contribution in [3.63, 3.8) is 0 Å². The fourth-order valence-electron chi connectivity index (χ4n) is 1.77. The molecule has 5 nitrogen and oxygen atoms in total. The molecule has 0 aliphatic heterocycles. The van der Waals surface area contributed by atoms with Crippen LogP contribution in [0.15, 0.2) is 18.2 Å². The second-order valence-corrected chi connectivity index (χ2v) is 4.48. The number of aliphatic hydroxyl groups excluding tert-OH is 1. The van der Waals surface area contributed by atoms with Gasteiger partial charge in [0.2, 0.25) is 0 Å². The van der Waals surface area contributed by atoms with Crippen molar-refractivity contribution in [1.82, 2.24) is 10.6 Å². The molecule has 0 aliphatic rings. The Morgan fingerprint density at radius 1 is 1.10 bits per heavy atom. The van der Waals surface area contributed by atoms with Crippen LogP contribution in [0.25, 0.3) is 0 Å². The van der Waals surface area contributed by atoms with E-state index >= 15 is 0 Å². The second-order valence-electron chi connectivity index (χ2n) is 4.48. The predicted molar refractivity (Wildman–Crippen MR) is 80.4 cm³/mol. The van der Waals surface area contributed by atoms with Crippen molar-refractivity contribution < 1.29 is 14.6 Å². The van der Waals surface area contributed by atoms with E-state index in [0.29, 0.717) is 13.2 Å². The van der Waals surface area contributed by atoms with Crippen LogP contribution >= 0.6 is 0 Å². The van der Waals surface area contributed by atoms with Crippen molar-refractivity contribution in [1.29, 1.82) is 0 Å². The number of benzene rings is 1. The van der Waals surface area contributed by atoms with Gasteiger partial charge in [0.1, 0.15) is 0 Å². The van der Waals surface area contributed by atoms with Crippen LogP contribution in [0.1, 0.15) is 18.9 Å². The minimum Gasteiger partial charge on any atom is -0.493 e. The lowest BCUT2D eigenvalue weighted by molar-refractivity contribution is 0.292. The Hall–Kier alpha value is -1.30. The summed E-state index contributed by atoms with van der Waals surface area (Å²) in [4.78, 5) is 0. The van der Waals surface area contributed by atoms with Gasteiger partial charge in [-0.25, -0.2) is 0 Å². The maximum Gasteiger partial charge on any atom is 0.161 e. The van der Waals surface area contributed by atoms with Gasteiger partial charge in [-0.05, 0) is 24.1 Å². The van der Waals surface area contributed by atoms with Crippen LogP contribution in [-0.2, 0) is 6.54 Å². The molecule has 114 valence electrons. The molecule has 5 heteroatoms. The predicted octanol–water partition coefficient (Wildman–Crippen LogP) is 1.16. The highest BCUT2D eigenvalue weighted by Crippen LogP contribution is 2.28. The molecule has 0 saturated carbocycles. The molecular formula is C15H26N2O3. The maximum atomic E-state index is 8.64. The number of nitrogens with one attached hydrogen (secondary N) is 2. The van der Waals surface area contributed by atoms with E-state index in [4.69, 9.17) is 14.6 Å². The molecular weight excluding hydrogens is 256 g/mol. The van der Waals surface area contributed by atoms with E-state index in [2.05, 4.69) is 17.6 Å². The van der Waals surface area contributed by atoms with Crippen molar-refractivity contribution in [2.75, 3.05) is 40.0 Å². The van der Waals surface area contributed by atoms with E-state index in [-0.39, 0.29) is 6.61 Å². The average Bonchev–Trinajstić information content (AvgIpc) is 2.49. The third-order valence-electron chi connectivity index (χ3n) is 2.79. The van der Waals surface area contributed by atoms with Gasteiger partial charge < -0.3 is 25.2 Å². The number of methoxy groups -OCH3 is 1. The van der Waals surface area contributed by atoms with Gasteiger partial charge in [-0.3, -0.25) is 0 Å². The van der Waals surface area contributed by atoms with Crippen LogP contribution in [0.5, 0.6) is 11.5 Å². The molecule has 0 fully saturated rings. The molecule has 0 atom stereocenters. The average molecular weight is 282 g/mol. The molecule has 0 amide bonds. The SMILES string of the molecule is CCCOc1ccc(CNCCNCCO)cc1OC. The van der Waals surface area contributed by atoms with Crippen LogP contribution in [0.2, 0.25) is 0 Å². The standard InChI is InChI=1S/C15H26N2O3/c1-3-10-20-14-5-4-13(11-15(14)19-2)12-17-7-6-16-8-9-18/h4-5,11,16-18H,3,6-10,12H2,1-2H3. The third kappa shape index (κ3) is 6.23. The summed E-state index contributed by atoms with van der Waals surface area (Å²) in [5, 5.41) is 15.1. The molecule has 1 rings (SSSR count). The first kappa shape index (κ1) is 16.8. The highest BCUT2D eigenvalue weighted by Gasteiger charge is 2.05. The van der Waals surface area contributed by atoms with E-state index in [9.17, 15) is 0 Å². The first-order valence-electron chi connectivity index (χ1n) is 7.13. The maximum absolute atomic E-state index is 8.64. The second kappa shape index (κ2) is 10.5. The molecule has 0 spiro atoms. The Bertz CT molecular complexity index is 372. The monoisotopic (exact) mass is 282 g/mol. The minimum atomic E-state index is 0.177. The van der Waals surface area contributed by atoms with Crippen molar-refractivity contribution in [3.05, 3.63) is 23.8 Å². The molecule has 0 unspecified atom stereocenters. The summed E-state index contributed by atoms with van der Waals surface area (Å²) in [7, 11) is 1.66. The van der Waals surface area contributed by atoms with E-state index in [1.807, 2.05) is 18.2 Å². The number of rotatable bonds is 11. The first-order valence-corrected chi connectivity index (χ1v) is 7.13. The van der Waals surface area contributed by atoms with Gasteiger partial charge in [-0.1, -0.05) is 13.0 Å². The molecule has 0 radical (unpaired) electrons. The van der Waals surface area contributed by atoms with Crippen LogP contribution in [0.3, 0.4) is 0 Å². The van der Waals surface area contributed by atoms with Crippen LogP contribution in [-0.4, -0.2) is 45.1 Å². The van der Waals surface area contributed by atoms with Gasteiger partial charge in [-0.2, -0.15) is 0 Å². The topological polar surface area (TPSA) is 62.8 Å². The zero-order valence-electron chi connectivity index (χ0n) is 12.4. The van der Waals surface area contributed by atoms with Gasteiger partial charge >= 0.3 is 0 Å². The summed E-state index contributed by atoms with van der Waals surface area (Å²) >= 11 is 0. The van der Waals surface area contributed by atoms with Gasteiger partial charge in [0, 0.05) is 26.2 Å². The lowest BCUT2D eigenvalue weighted by atomic mass is 10.2. The lowest BCUT2D eigenvalue weighted by Gasteiger charge is -2.12. The molecule has 20 heavy (non-hydrogen) atoms. The van der Waals surface area contributed by atoms with Crippen LogP contribution in [0.4, 0.5) is 0 Å². The van der Waals surface area contributed by atoms with Crippen molar-refractivity contribution in [3.8, 4) is 11.5 Å². The molecule has 0 bridgehead atoms. The fraction of sp³-hybridized carbons (Fsp3) is 0.600. The molecule has 0 aliphatic carbocycles. The fourth-order valence-corrected chi connectivity index (χ4v) is 1.77. The van der Waals surface area contributed by atoms with Gasteiger partial charge in [-0.15, -0.1) is 0 Å². The van der Waals surface area contributed by atoms with E-state index in [1.165, 1.54) is 0 Å². The number of hydrogen-bond acceptors (Lipinski definition) is 5. The molecule has 1 aromatic rings. The summed E-state index contributed by atoms with van der Waals surface area (Å²) in [6.07, 6.45) is 0.979. The van der Waals surface area contributed by atoms with E-state index in [1.54, 1.807) is 7.11 Å². The van der Waals surface area contributed by atoms with E-state index < -0.39 is 0 Å². The highest BCUT2D eigenvalue weighted by molar-refractivity contribution is 5.42. The summed E-state index contributed by atoms with van der Waals surface area (Å²) in [6, 6.07) is 6.00. The van der Waals surface area contributed by atoms with Crippen molar-refractivity contribution in [2.45, 2.75) is 19.9 Å². The lowest BCUT2D eigenvalue weighted by Crippen LogP contribution is -2.28. The van der Waals surface area contributed by atoms with Crippen LogP contribution < -0.4 is 20.1 Å². The van der Waals surface area contributed by atoms with Gasteiger partial charge in [0.15, 0.2) is 11.5 Å².